The first-order valence-corrected chi connectivity index (χ1v) is 6.56. The predicted molar refractivity (Wildman–Crippen MR) is 68.8 cm³/mol. The fourth-order valence-corrected chi connectivity index (χ4v) is 2.35. The number of ether oxygens (including phenoxy) is 1. The van der Waals surface area contributed by atoms with E-state index in [-0.39, 0.29) is 5.60 Å². The van der Waals surface area contributed by atoms with Crippen molar-refractivity contribution < 1.29 is 4.74 Å². The topological polar surface area (TPSA) is 24.5 Å². The summed E-state index contributed by atoms with van der Waals surface area (Å²) in [5.41, 5.74) is 0.156. The Kier molecular flexibility index (Phi) is 5.73. The molecular weight excluding hydrogens is 200 g/mol. The number of methoxy groups -OCH3 is 1. The van der Waals surface area contributed by atoms with Crippen LogP contribution >= 0.6 is 0 Å². The molecule has 1 saturated heterocycles. The minimum absolute atomic E-state index is 0.156. The summed E-state index contributed by atoms with van der Waals surface area (Å²) < 4.78 is 5.76. The fraction of sp³-hybridized carbons (Fsp3) is 1.00. The van der Waals surface area contributed by atoms with E-state index in [9.17, 15) is 0 Å². The van der Waals surface area contributed by atoms with Gasteiger partial charge >= 0.3 is 0 Å². The molecule has 3 nitrogen and oxygen atoms in total. The Morgan fingerprint density at radius 2 is 1.94 bits per heavy atom. The molecule has 16 heavy (non-hydrogen) atoms. The van der Waals surface area contributed by atoms with Crippen LogP contribution in [0.2, 0.25) is 0 Å². The molecule has 1 aliphatic rings. The number of hydrogen-bond acceptors (Lipinski definition) is 3. The van der Waals surface area contributed by atoms with Crippen molar-refractivity contribution in [2.45, 2.75) is 51.2 Å². The molecule has 0 aromatic heterocycles. The molecule has 0 unspecified atom stereocenters. The van der Waals surface area contributed by atoms with Crippen LogP contribution in [0.3, 0.4) is 0 Å². The molecule has 1 aliphatic heterocycles. The number of nitrogens with zero attached hydrogens (tertiary/aromatic N) is 1. The summed E-state index contributed by atoms with van der Waals surface area (Å²) in [6.45, 7) is 7.88. The van der Waals surface area contributed by atoms with Gasteiger partial charge in [0.2, 0.25) is 0 Å². The van der Waals surface area contributed by atoms with Crippen molar-refractivity contribution in [3.63, 3.8) is 0 Å². The maximum Gasteiger partial charge on any atom is 0.0703 e. The van der Waals surface area contributed by atoms with Crippen molar-refractivity contribution in [3.05, 3.63) is 0 Å². The largest absolute Gasteiger partial charge is 0.378 e. The van der Waals surface area contributed by atoms with Gasteiger partial charge in [-0.15, -0.1) is 0 Å². The summed E-state index contributed by atoms with van der Waals surface area (Å²) in [6, 6.07) is 0.645. The zero-order valence-electron chi connectivity index (χ0n) is 11.4. The number of hydrogen-bond donors (Lipinski definition) is 1. The molecule has 3 heteroatoms. The van der Waals surface area contributed by atoms with Gasteiger partial charge in [-0.1, -0.05) is 0 Å². The smallest absolute Gasteiger partial charge is 0.0703 e. The van der Waals surface area contributed by atoms with Gasteiger partial charge < -0.3 is 15.0 Å². The summed E-state index contributed by atoms with van der Waals surface area (Å²) >= 11 is 0. The van der Waals surface area contributed by atoms with E-state index in [2.05, 4.69) is 31.1 Å². The second kappa shape index (κ2) is 6.58. The Morgan fingerprint density at radius 1 is 1.31 bits per heavy atom. The third kappa shape index (κ3) is 4.04. The molecule has 0 bridgehead atoms. The lowest BCUT2D eigenvalue weighted by atomic mass is 9.87. The molecule has 0 saturated carbocycles. The van der Waals surface area contributed by atoms with E-state index in [1.807, 2.05) is 7.11 Å². The lowest BCUT2D eigenvalue weighted by molar-refractivity contribution is -0.0429. The van der Waals surface area contributed by atoms with Gasteiger partial charge in [-0.2, -0.15) is 0 Å². The van der Waals surface area contributed by atoms with E-state index in [0.717, 1.165) is 25.9 Å². The first-order valence-electron chi connectivity index (χ1n) is 6.56. The highest BCUT2D eigenvalue weighted by Gasteiger charge is 2.31. The van der Waals surface area contributed by atoms with Crippen molar-refractivity contribution >= 4 is 0 Å². The monoisotopic (exact) mass is 228 g/mol. The van der Waals surface area contributed by atoms with Crippen molar-refractivity contribution in [2.75, 3.05) is 33.8 Å². The number of rotatable bonds is 6. The highest BCUT2D eigenvalue weighted by atomic mass is 16.5. The van der Waals surface area contributed by atoms with Crippen molar-refractivity contribution in [2.24, 2.45) is 0 Å². The van der Waals surface area contributed by atoms with Crippen LogP contribution in [0.25, 0.3) is 0 Å². The van der Waals surface area contributed by atoms with Crippen molar-refractivity contribution in [3.8, 4) is 0 Å². The van der Waals surface area contributed by atoms with Crippen LogP contribution in [0.1, 0.15) is 39.5 Å². The van der Waals surface area contributed by atoms with E-state index in [4.69, 9.17) is 4.74 Å². The van der Waals surface area contributed by atoms with E-state index in [0.29, 0.717) is 6.04 Å². The van der Waals surface area contributed by atoms with Crippen LogP contribution < -0.4 is 5.32 Å². The minimum Gasteiger partial charge on any atom is -0.378 e. The minimum atomic E-state index is 0.156. The van der Waals surface area contributed by atoms with Crippen molar-refractivity contribution in [1.82, 2.24) is 10.2 Å². The molecule has 96 valence electrons. The summed E-state index contributed by atoms with van der Waals surface area (Å²) in [5, 5.41) is 3.40. The molecule has 0 aromatic carbocycles. The zero-order valence-corrected chi connectivity index (χ0v) is 11.4. The summed E-state index contributed by atoms with van der Waals surface area (Å²) in [4.78, 5) is 2.41. The van der Waals surface area contributed by atoms with E-state index in [1.165, 1.54) is 19.4 Å². The average molecular weight is 228 g/mol. The van der Waals surface area contributed by atoms with E-state index in [1.54, 1.807) is 0 Å². The summed E-state index contributed by atoms with van der Waals surface area (Å²) in [5.74, 6) is 0. The van der Waals surface area contributed by atoms with Gasteiger partial charge in [0.25, 0.3) is 0 Å². The van der Waals surface area contributed by atoms with Crippen LogP contribution in [-0.2, 0) is 4.74 Å². The molecule has 0 radical (unpaired) electrons. The molecule has 0 aromatic rings. The van der Waals surface area contributed by atoms with Gasteiger partial charge in [-0.05, 0) is 66.2 Å². The van der Waals surface area contributed by atoms with Gasteiger partial charge in [-0.25, -0.2) is 0 Å². The van der Waals surface area contributed by atoms with Crippen LogP contribution in [0.15, 0.2) is 0 Å². The second-order valence-corrected chi connectivity index (χ2v) is 5.32. The summed E-state index contributed by atoms with van der Waals surface area (Å²) in [7, 11) is 4.07. The van der Waals surface area contributed by atoms with Crippen molar-refractivity contribution in [1.29, 1.82) is 0 Å². The molecule has 0 aliphatic carbocycles. The highest BCUT2D eigenvalue weighted by molar-refractivity contribution is 4.86. The SMILES string of the molecule is COC1(CCCN(C)C(C)C)CCNCC1. The lowest BCUT2D eigenvalue weighted by Crippen LogP contribution is -2.43. The molecule has 0 amide bonds. The third-order valence-electron chi connectivity index (χ3n) is 3.97. The molecule has 0 atom stereocenters. The number of piperidine rings is 1. The van der Waals surface area contributed by atoms with Crippen LogP contribution in [0, 0.1) is 0 Å². The Bertz CT molecular complexity index is 188. The number of nitrogens with one attached hydrogen (secondary N) is 1. The molecule has 1 heterocycles. The first-order chi connectivity index (χ1) is 7.59. The average Bonchev–Trinajstić information content (AvgIpc) is 2.30. The Morgan fingerprint density at radius 3 is 2.44 bits per heavy atom. The second-order valence-electron chi connectivity index (χ2n) is 5.32. The molecule has 0 spiro atoms. The first kappa shape index (κ1) is 13.9. The normalized spacial score (nSPS) is 20.6. The van der Waals surface area contributed by atoms with Gasteiger partial charge in [0.1, 0.15) is 0 Å². The fourth-order valence-electron chi connectivity index (χ4n) is 2.35. The standard InChI is InChI=1S/C13H28N2O/c1-12(2)15(3)11-5-6-13(16-4)7-9-14-10-8-13/h12,14H,5-11H2,1-4H3. The lowest BCUT2D eigenvalue weighted by Gasteiger charge is -2.37. The van der Waals surface area contributed by atoms with E-state index >= 15 is 0 Å². The van der Waals surface area contributed by atoms with E-state index < -0.39 is 0 Å². The van der Waals surface area contributed by atoms with Gasteiger partial charge in [-0.3, -0.25) is 0 Å². The van der Waals surface area contributed by atoms with Gasteiger partial charge in [0.05, 0.1) is 5.60 Å². The maximum absolute atomic E-state index is 5.76. The van der Waals surface area contributed by atoms with Gasteiger partial charge in [0, 0.05) is 13.2 Å². The van der Waals surface area contributed by atoms with Gasteiger partial charge in [0.15, 0.2) is 0 Å². The maximum atomic E-state index is 5.76. The molecular formula is C13H28N2O. The van der Waals surface area contributed by atoms with Crippen LogP contribution in [-0.4, -0.2) is 50.3 Å². The quantitative estimate of drug-likeness (QED) is 0.751. The highest BCUT2D eigenvalue weighted by Crippen LogP contribution is 2.27. The Labute approximate surface area is 101 Å². The molecule has 1 fully saturated rings. The van der Waals surface area contributed by atoms with Crippen LogP contribution in [0.5, 0.6) is 0 Å². The Balaban J connectivity index is 2.28. The molecule has 1 N–H and O–H groups in total. The summed E-state index contributed by atoms with van der Waals surface area (Å²) in [6.07, 6.45) is 4.76. The molecule has 1 rings (SSSR count). The zero-order chi connectivity index (χ0) is 12.0. The van der Waals surface area contributed by atoms with Crippen LogP contribution in [0.4, 0.5) is 0 Å². The predicted octanol–water partition coefficient (Wildman–Crippen LogP) is 1.88. The Hall–Kier alpha value is -0.120. The third-order valence-corrected chi connectivity index (χ3v) is 3.97.